The van der Waals surface area contributed by atoms with Crippen molar-refractivity contribution in [3.05, 3.63) is 101 Å². The molecule has 0 aromatic heterocycles. The average Bonchev–Trinajstić information content (AvgIpc) is 3.18. The third-order valence-electron chi connectivity index (χ3n) is 5.11. The van der Waals surface area contributed by atoms with Crippen LogP contribution in [0.2, 0.25) is 5.02 Å². The molecule has 3 aromatic rings. The van der Waals surface area contributed by atoms with E-state index in [0.717, 1.165) is 29.0 Å². The van der Waals surface area contributed by atoms with Crippen LogP contribution in [0.4, 0.5) is 18.9 Å². The largest absolute Gasteiger partial charge is 0.416 e. The predicted molar refractivity (Wildman–Crippen MR) is 119 cm³/mol. The molecular weight excluding hydrogens is 439 g/mol. The molecule has 1 atom stereocenters. The summed E-state index contributed by atoms with van der Waals surface area (Å²) < 4.78 is 38.8. The molecule has 1 N–H and O–H groups in total. The van der Waals surface area contributed by atoms with Crippen LogP contribution in [0.3, 0.4) is 0 Å². The van der Waals surface area contributed by atoms with Gasteiger partial charge in [0, 0.05) is 23.2 Å². The van der Waals surface area contributed by atoms with Crippen LogP contribution in [0.1, 0.15) is 22.6 Å². The number of hydrogen-bond acceptors (Lipinski definition) is 3. The maximum atomic E-state index is 12.9. The van der Waals surface area contributed by atoms with Crippen molar-refractivity contribution in [1.29, 1.82) is 0 Å². The number of hydrogen-bond donors (Lipinski definition) is 1. The summed E-state index contributed by atoms with van der Waals surface area (Å²) in [6, 6.07) is 21.7. The third kappa shape index (κ3) is 5.11. The molecular formula is C24H19ClF3N3O. The monoisotopic (exact) mass is 457 g/mol. The van der Waals surface area contributed by atoms with E-state index in [4.69, 9.17) is 11.6 Å². The summed E-state index contributed by atoms with van der Waals surface area (Å²) in [5.41, 5.74) is 2.03. The fourth-order valence-corrected chi connectivity index (χ4v) is 3.75. The summed E-state index contributed by atoms with van der Waals surface area (Å²) >= 11 is 6.01. The van der Waals surface area contributed by atoms with Gasteiger partial charge in [0.05, 0.1) is 11.3 Å². The maximum absolute atomic E-state index is 12.9. The molecule has 0 fully saturated rings. The second-order valence-electron chi connectivity index (χ2n) is 7.43. The molecule has 1 amide bonds. The Morgan fingerprint density at radius 2 is 1.75 bits per heavy atom. The molecule has 0 aliphatic carbocycles. The van der Waals surface area contributed by atoms with Gasteiger partial charge in [0.1, 0.15) is 6.54 Å². The molecule has 4 rings (SSSR count). The lowest BCUT2D eigenvalue weighted by Gasteiger charge is -2.16. The molecule has 1 aliphatic rings. The lowest BCUT2D eigenvalue weighted by molar-refractivity contribution is -0.137. The quantitative estimate of drug-likeness (QED) is 0.526. The molecule has 0 radical (unpaired) electrons. The van der Waals surface area contributed by atoms with Gasteiger partial charge in [0.15, 0.2) is 0 Å². The van der Waals surface area contributed by atoms with Crippen LogP contribution < -0.4 is 5.32 Å². The number of halogens is 4. The Kier molecular flexibility index (Phi) is 6.19. The molecule has 4 nitrogen and oxygen atoms in total. The third-order valence-corrected chi connectivity index (χ3v) is 5.37. The van der Waals surface area contributed by atoms with Gasteiger partial charge in [-0.25, -0.2) is 0 Å². The number of rotatable bonds is 5. The first-order valence-electron chi connectivity index (χ1n) is 9.91. The molecule has 1 heterocycles. The van der Waals surface area contributed by atoms with Gasteiger partial charge in [-0.2, -0.15) is 18.3 Å². The summed E-state index contributed by atoms with van der Waals surface area (Å²) in [5.74, 6) is -0.504. The molecule has 0 bridgehead atoms. The highest BCUT2D eigenvalue weighted by atomic mass is 35.5. The fraction of sp³-hybridized carbons (Fsp3) is 0.167. The first-order chi connectivity index (χ1) is 15.3. The van der Waals surface area contributed by atoms with Crippen molar-refractivity contribution < 1.29 is 18.0 Å². The second kappa shape index (κ2) is 9.04. The van der Waals surface area contributed by atoms with Crippen LogP contribution >= 0.6 is 11.6 Å². The smallest absolute Gasteiger partial charge is 0.324 e. The molecule has 1 unspecified atom stereocenters. The Morgan fingerprint density at radius 1 is 1.03 bits per heavy atom. The number of carbonyl (C=O) groups excluding carboxylic acids is 1. The number of anilines is 1. The minimum Gasteiger partial charge on any atom is -0.324 e. The van der Waals surface area contributed by atoms with E-state index in [1.165, 1.54) is 12.1 Å². The van der Waals surface area contributed by atoms with Gasteiger partial charge >= 0.3 is 6.18 Å². The van der Waals surface area contributed by atoms with E-state index in [9.17, 15) is 18.0 Å². The molecule has 8 heteroatoms. The highest BCUT2D eigenvalue weighted by molar-refractivity contribution is 6.30. The first-order valence-corrected chi connectivity index (χ1v) is 10.3. The van der Waals surface area contributed by atoms with Crippen molar-refractivity contribution in [2.45, 2.75) is 12.1 Å². The van der Waals surface area contributed by atoms with E-state index >= 15 is 0 Å². The topological polar surface area (TPSA) is 44.7 Å². The number of amides is 1. The average molecular weight is 458 g/mol. The lowest BCUT2D eigenvalue weighted by Crippen LogP contribution is -2.29. The molecule has 0 saturated carbocycles. The van der Waals surface area contributed by atoms with Gasteiger partial charge in [0.25, 0.3) is 0 Å². The summed E-state index contributed by atoms with van der Waals surface area (Å²) in [4.78, 5) is 12.5. The molecule has 1 aliphatic heterocycles. The Hall–Kier alpha value is -3.32. The van der Waals surface area contributed by atoms with Gasteiger partial charge in [-0.05, 0) is 41.5 Å². The van der Waals surface area contributed by atoms with Gasteiger partial charge in [0.2, 0.25) is 5.91 Å². The van der Waals surface area contributed by atoms with E-state index in [1.54, 1.807) is 17.1 Å². The summed E-state index contributed by atoms with van der Waals surface area (Å²) in [7, 11) is 0. The van der Waals surface area contributed by atoms with Crippen LogP contribution in [0, 0.1) is 0 Å². The normalized spacial score (nSPS) is 16.1. The van der Waals surface area contributed by atoms with E-state index in [1.807, 2.05) is 42.5 Å². The van der Waals surface area contributed by atoms with Gasteiger partial charge in [-0.15, -0.1) is 0 Å². The number of alkyl halides is 3. The summed E-state index contributed by atoms with van der Waals surface area (Å²) in [6.45, 7) is 0.384. The molecule has 0 saturated heterocycles. The summed E-state index contributed by atoms with van der Waals surface area (Å²) in [6.07, 6.45) is -4.48. The Balaban J connectivity index is 1.52. The minimum absolute atomic E-state index is 0.0567. The first kappa shape index (κ1) is 21.9. The maximum Gasteiger partial charge on any atom is 0.416 e. The molecule has 3 aromatic carbocycles. The predicted octanol–water partition coefficient (Wildman–Crippen LogP) is 5.80. The van der Waals surface area contributed by atoms with Crippen molar-refractivity contribution in [3.8, 4) is 0 Å². The van der Waals surface area contributed by atoms with Crippen molar-refractivity contribution in [2.24, 2.45) is 5.10 Å². The van der Waals surface area contributed by atoms with E-state index in [-0.39, 0.29) is 18.2 Å². The fourth-order valence-electron chi connectivity index (χ4n) is 3.63. The van der Waals surface area contributed by atoms with Crippen LogP contribution in [0.15, 0.2) is 84.0 Å². The number of hydrazone groups is 1. The van der Waals surface area contributed by atoms with E-state index < -0.39 is 17.6 Å². The van der Waals surface area contributed by atoms with Crippen molar-refractivity contribution >= 4 is 28.9 Å². The van der Waals surface area contributed by atoms with Crippen LogP contribution in [-0.2, 0) is 11.0 Å². The zero-order valence-corrected chi connectivity index (χ0v) is 17.6. The Labute approximate surface area is 188 Å². The minimum atomic E-state index is -4.48. The SMILES string of the molecule is O=C(CN1CC(c2ccccc2)C(c2ccc(Cl)cc2)=N1)Nc1cccc(C(F)(F)F)c1. The van der Waals surface area contributed by atoms with Crippen molar-refractivity contribution in [3.63, 3.8) is 0 Å². The van der Waals surface area contributed by atoms with Gasteiger partial charge in [-0.3, -0.25) is 9.80 Å². The van der Waals surface area contributed by atoms with Gasteiger partial charge in [-0.1, -0.05) is 60.1 Å². The second-order valence-corrected chi connectivity index (χ2v) is 7.87. The zero-order valence-electron chi connectivity index (χ0n) is 16.8. The molecule has 164 valence electrons. The number of nitrogens with one attached hydrogen (secondary N) is 1. The van der Waals surface area contributed by atoms with Crippen molar-refractivity contribution in [2.75, 3.05) is 18.4 Å². The molecule has 0 spiro atoms. The van der Waals surface area contributed by atoms with E-state index in [0.29, 0.717) is 11.6 Å². The standard InChI is InChI=1S/C24H19ClF3N3O/c25-19-11-9-17(10-12-19)23-21(16-5-2-1-3-6-16)14-31(30-23)15-22(32)29-20-8-4-7-18(13-20)24(26,27)28/h1-13,21H,14-15H2,(H,29,32). The Morgan fingerprint density at radius 3 is 2.44 bits per heavy atom. The van der Waals surface area contributed by atoms with Gasteiger partial charge < -0.3 is 5.32 Å². The van der Waals surface area contributed by atoms with Crippen LogP contribution in [-0.4, -0.2) is 29.7 Å². The van der Waals surface area contributed by atoms with Crippen molar-refractivity contribution in [1.82, 2.24) is 5.01 Å². The van der Waals surface area contributed by atoms with Crippen LogP contribution in [0.5, 0.6) is 0 Å². The number of nitrogens with zero attached hydrogens (tertiary/aromatic N) is 2. The number of benzene rings is 3. The van der Waals surface area contributed by atoms with E-state index in [2.05, 4.69) is 10.4 Å². The zero-order chi connectivity index (χ0) is 22.7. The highest BCUT2D eigenvalue weighted by Crippen LogP contribution is 2.31. The highest BCUT2D eigenvalue weighted by Gasteiger charge is 2.31. The summed E-state index contributed by atoms with van der Waals surface area (Å²) in [5, 5.41) is 9.42. The number of carbonyl (C=O) groups is 1. The Bertz CT molecular complexity index is 1130. The molecule has 32 heavy (non-hydrogen) atoms. The lowest BCUT2D eigenvalue weighted by atomic mass is 9.91. The van der Waals surface area contributed by atoms with Crippen LogP contribution in [0.25, 0.3) is 0 Å².